The van der Waals surface area contributed by atoms with Gasteiger partial charge in [-0.25, -0.2) is 0 Å². The van der Waals surface area contributed by atoms with Gasteiger partial charge in [-0.1, -0.05) is 23.7 Å². The lowest BCUT2D eigenvalue weighted by Gasteiger charge is -2.46. The van der Waals surface area contributed by atoms with Crippen molar-refractivity contribution in [1.29, 1.82) is 0 Å². The molecule has 1 saturated heterocycles. The van der Waals surface area contributed by atoms with E-state index in [0.29, 0.717) is 16.4 Å². The summed E-state index contributed by atoms with van der Waals surface area (Å²) in [6.07, 6.45) is 4.15. The molecule has 2 saturated carbocycles. The van der Waals surface area contributed by atoms with Gasteiger partial charge in [0.15, 0.2) is 0 Å². The molecule has 2 aliphatic carbocycles. The number of thioether (sulfide) groups is 2. The number of hydrogen-bond donors (Lipinski definition) is 0. The molecule has 0 N–H and O–H groups in total. The minimum Gasteiger partial charge on any atom is -0.854 e. The van der Waals surface area contributed by atoms with E-state index in [1.807, 2.05) is 23.9 Å². The highest BCUT2D eigenvalue weighted by Gasteiger charge is 2.58. The van der Waals surface area contributed by atoms with E-state index in [1.165, 1.54) is 36.6 Å². The molecule has 0 spiro atoms. The predicted molar refractivity (Wildman–Crippen MR) is 92.5 cm³/mol. The maximum atomic E-state index is 11.9. The van der Waals surface area contributed by atoms with E-state index in [4.69, 9.17) is 11.6 Å². The van der Waals surface area contributed by atoms with Crippen LogP contribution in [0.2, 0.25) is 5.02 Å². The van der Waals surface area contributed by atoms with Crippen LogP contribution in [0.25, 0.3) is 0 Å². The van der Waals surface area contributed by atoms with E-state index < -0.39 is 0 Å². The number of fused-ring (bicyclic) bond motifs is 6. The number of nitrogens with zero attached hydrogens (tertiary/aromatic N) is 1. The highest BCUT2D eigenvalue weighted by atomic mass is 35.5. The summed E-state index contributed by atoms with van der Waals surface area (Å²) in [7, 11) is 0. The van der Waals surface area contributed by atoms with Gasteiger partial charge < -0.3 is 5.11 Å². The van der Waals surface area contributed by atoms with E-state index in [-0.39, 0.29) is 10.6 Å². The topological polar surface area (TPSA) is 35.4 Å². The summed E-state index contributed by atoms with van der Waals surface area (Å²) < 4.78 is 0. The maximum Gasteiger partial charge on any atom is 0.108 e. The summed E-state index contributed by atoms with van der Waals surface area (Å²) in [5.74, 6) is 2.89. The van der Waals surface area contributed by atoms with Crippen molar-refractivity contribution in [3.8, 4) is 0 Å². The average molecular weight is 351 g/mol. The lowest BCUT2D eigenvalue weighted by atomic mass is 9.73. The fourth-order valence-corrected chi connectivity index (χ4v) is 8.67. The molecule has 5 heteroatoms. The van der Waals surface area contributed by atoms with Gasteiger partial charge in [-0.2, -0.15) is 0 Å². The molecule has 7 atom stereocenters. The van der Waals surface area contributed by atoms with Crippen LogP contribution in [0.3, 0.4) is 0 Å². The van der Waals surface area contributed by atoms with Crippen LogP contribution in [0.1, 0.15) is 30.7 Å². The van der Waals surface area contributed by atoms with Crippen molar-refractivity contribution < 1.29 is 5.11 Å². The summed E-state index contributed by atoms with van der Waals surface area (Å²) in [5, 5.41) is 13.9. The van der Waals surface area contributed by atoms with Crippen molar-refractivity contribution in [2.45, 2.75) is 41.1 Å². The van der Waals surface area contributed by atoms with Crippen LogP contribution in [-0.4, -0.2) is 21.1 Å². The zero-order valence-corrected chi connectivity index (χ0v) is 14.4. The molecule has 1 aromatic carbocycles. The highest BCUT2D eigenvalue weighted by molar-refractivity contribution is 8.15. The third kappa shape index (κ3) is 1.99. The second-order valence-corrected chi connectivity index (χ2v) is 9.82. The molecule has 116 valence electrons. The van der Waals surface area contributed by atoms with Crippen LogP contribution in [-0.2, 0) is 0 Å². The molecule has 0 amide bonds. The van der Waals surface area contributed by atoms with Crippen molar-refractivity contribution >= 4 is 40.4 Å². The van der Waals surface area contributed by atoms with Gasteiger partial charge in [0.2, 0.25) is 0 Å². The number of hydrogen-bond acceptors (Lipinski definition) is 4. The van der Waals surface area contributed by atoms with Gasteiger partial charge in [-0.3, -0.25) is 4.99 Å². The van der Waals surface area contributed by atoms with Crippen LogP contribution in [0.4, 0.5) is 0 Å². The number of halogens is 1. The second-order valence-electron chi connectivity index (χ2n) is 6.96. The lowest BCUT2D eigenvalue weighted by Crippen LogP contribution is -2.43. The van der Waals surface area contributed by atoms with Crippen LogP contribution in [0, 0.1) is 17.8 Å². The molecule has 22 heavy (non-hydrogen) atoms. The molecule has 1 aromatic rings. The molecule has 3 fully saturated rings. The SMILES string of the molecule is [O-]C1=NC2SC3C4CCC(C4)C3C(c3ccc(Cl)cc3)C2S1. The molecule has 2 bridgehead atoms. The maximum absolute atomic E-state index is 11.9. The average Bonchev–Trinajstić information content (AvgIpc) is 3.19. The number of rotatable bonds is 1. The fraction of sp³-hybridized carbons (Fsp3) is 0.588. The third-order valence-corrected chi connectivity index (χ3v) is 9.22. The first-order valence-electron chi connectivity index (χ1n) is 8.03. The molecule has 2 aliphatic heterocycles. The summed E-state index contributed by atoms with van der Waals surface area (Å²) in [6.45, 7) is 0. The van der Waals surface area contributed by atoms with E-state index in [9.17, 15) is 5.11 Å². The highest BCUT2D eigenvalue weighted by Crippen LogP contribution is 2.64. The van der Waals surface area contributed by atoms with E-state index in [1.54, 1.807) is 0 Å². The lowest BCUT2D eigenvalue weighted by molar-refractivity contribution is -0.205. The molecule has 2 nitrogen and oxygen atoms in total. The quantitative estimate of drug-likeness (QED) is 0.774. The summed E-state index contributed by atoms with van der Waals surface area (Å²) in [6, 6.07) is 8.34. The molecular weight excluding hydrogens is 334 g/mol. The normalized spacial score (nSPS) is 45.5. The van der Waals surface area contributed by atoms with Crippen molar-refractivity contribution in [2.24, 2.45) is 22.7 Å². The molecule has 0 radical (unpaired) electrons. The first-order chi connectivity index (χ1) is 10.7. The van der Waals surface area contributed by atoms with Gasteiger partial charge in [0.05, 0.1) is 0 Å². The molecular formula is C17H17ClNOS2-. The molecule has 5 rings (SSSR count). The van der Waals surface area contributed by atoms with Gasteiger partial charge in [-0.15, -0.1) is 23.5 Å². The Morgan fingerprint density at radius 2 is 1.86 bits per heavy atom. The Balaban J connectivity index is 1.57. The van der Waals surface area contributed by atoms with Gasteiger partial charge in [0.1, 0.15) is 5.37 Å². The minimum absolute atomic E-state index is 0.0359. The van der Waals surface area contributed by atoms with Crippen LogP contribution in [0.5, 0.6) is 0 Å². The fourth-order valence-electron chi connectivity index (χ4n) is 5.20. The van der Waals surface area contributed by atoms with Crippen molar-refractivity contribution in [3.05, 3.63) is 34.9 Å². The standard InChI is InChI=1S/C17H18ClNOS2/c18-11-5-3-8(4-6-11)12-13-9-1-2-10(7-9)14(13)21-16-15(12)22-17(20)19-16/h3-6,9-10,12-16H,1-2,7H2,(H,19,20)/p-1. The van der Waals surface area contributed by atoms with Gasteiger partial charge >= 0.3 is 0 Å². The molecule has 7 unspecified atom stereocenters. The predicted octanol–water partition coefficient (Wildman–Crippen LogP) is 3.74. The number of aliphatic imine (C=N–C) groups is 1. The Morgan fingerprint density at radius 1 is 1.09 bits per heavy atom. The van der Waals surface area contributed by atoms with Gasteiger partial charge in [0.25, 0.3) is 0 Å². The summed E-state index contributed by atoms with van der Waals surface area (Å²) >= 11 is 9.56. The van der Waals surface area contributed by atoms with Crippen molar-refractivity contribution in [3.63, 3.8) is 0 Å². The van der Waals surface area contributed by atoms with Crippen molar-refractivity contribution in [2.75, 3.05) is 0 Å². The van der Waals surface area contributed by atoms with Crippen LogP contribution >= 0.6 is 35.1 Å². The molecule has 0 aromatic heterocycles. The smallest absolute Gasteiger partial charge is 0.108 e. The van der Waals surface area contributed by atoms with Gasteiger partial charge in [-0.05, 0) is 54.7 Å². The first kappa shape index (κ1) is 14.1. The zero-order valence-electron chi connectivity index (χ0n) is 12.0. The Bertz CT molecular complexity index is 634. The Kier molecular flexibility index (Phi) is 3.25. The second kappa shape index (κ2) is 5.09. The minimum atomic E-state index is 0.0359. The van der Waals surface area contributed by atoms with E-state index in [0.717, 1.165) is 22.8 Å². The Morgan fingerprint density at radius 3 is 2.68 bits per heavy atom. The first-order valence-corrected chi connectivity index (χ1v) is 10.2. The summed E-state index contributed by atoms with van der Waals surface area (Å²) in [5.41, 5.74) is 1.36. The van der Waals surface area contributed by atoms with Gasteiger partial charge in [0, 0.05) is 26.7 Å². The Hall–Kier alpha value is -0.320. The van der Waals surface area contributed by atoms with Crippen molar-refractivity contribution in [1.82, 2.24) is 0 Å². The van der Waals surface area contributed by atoms with E-state index >= 15 is 0 Å². The van der Waals surface area contributed by atoms with Crippen LogP contribution < -0.4 is 5.11 Å². The Labute approximate surface area is 144 Å². The number of benzene rings is 1. The molecule has 2 heterocycles. The monoisotopic (exact) mass is 350 g/mol. The summed E-state index contributed by atoms with van der Waals surface area (Å²) in [4.78, 5) is 4.41. The van der Waals surface area contributed by atoms with E-state index in [2.05, 4.69) is 17.1 Å². The zero-order chi connectivity index (χ0) is 14.8. The van der Waals surface area contributed by atoms with Crippen LogP contribution in [0.15, 0.2) is 29.3 Å². The largest absolute Gasteiger partial charge is 0.854 e. The molecule has 4 aliphatic rings. The third-order valence-electron chi connectivity index (χ3n) is 5.97.